The van der Waals surface area contributed by atoms with E-state index in [9.17, 15) is 18.8 Å². The molecule has 1 atom stereocenters. The van der Waals surface area contributed by atoms with Crippen LogP contribution in [0.2, 0.25) is 0 Å². The van der Waals surface area contributed by atoms with Crippen LogP contribution in [0.1, 0.15) is 29.2 Å². The molecule has 2 aromatic heterocycles. The minimum atomic E-state index is -0.469. The quantitative estimate of drug-likeness (QED) is 0.518. The summed E-state index contributed by atoms with van der Waals surface area (Å²) < 4.78 is 14.7. The van der Waals surface area contributed by atoms with E-state index in [4.69, 9.17) is 0 Å². The zero-order chi connectivity index (χ0) is 22.2. The fourth-order valence-electron chi connectivity index (χ4n) is 4.15. The van der Waals surface area contributed by atoms with E-state index in [1.54, 1.807) is 35.2 Å². The van der Waals surface area contributed by atoms with E-state index in [1.807, 2.05) is 0 Å². The molecule has 4 aromatic rings. The monoisotopic (exact) mass is 433 g/mol. The second-order valence-electron chi connectivity index (χ2n) is 7.89. The van der Waals surface area contributed by atoms with Gasteiger partial charge in [0.15, 0.2) is 0 Å². The van der Waals surface area contributed by atoms with E-state index in [2.05, 4.69) is 15.0 Å². The van der Waals surface area contributed by atoms with Gasteiger partial charge >= 0.3 is 5.69 Å². The van der Waals surface area contributed by atoms with Crippen molar-refractivity contribution in [2.75, 3.05) is 13.1 Å². The maximum Gasteiger partial charge on any atom is 0.328 e. The lowest BCUT2D eigenvalue weighted by Crippen LogP contribution is -2.43. The molecule has 3 heterocycles. The second kappa shape index (κ2) is 7.92. The number of hydrogen-bond acceptors (Lipinski definition) is 4. The van der Waals surface area contributed by atoms with Gasteiger partial charge < -0.3 is 9.88 Å². The highest BCUT2D eigenvalue weighted by molar-refractivity contribution is 5.97. The lowest BCUT2D eigenvalue weighted by molar-refractivity contribution is 0.0677. The van der Waals surface area contributed by atoms with Crippen molar-refractivity contribution >= 4 is 16.9 Å². The number of nitrogens with zero attached hydrogens (tertiary/aromatic N) is 3. The van der Waals surface area contributed by atoms with Crippen LogP contribution in [0.3, 0.4) is 0 Å². The van der Waals surface area contributed by atoms with Crippen molar-refractivity contribution in [3.63, 3.8) is 0 Å². The molecule has 0 saturated carbocycles. The van der Waals surface area contributed by atoms with Crippen molar-refractivity contribution in [3.8, 4) is 11.4 Å². The lowest BCUT2D eigenvalue weighted by atomic mass is 10.0. The molecular weight excluding hydrogens is 413 g/mol. The maximum absolute atomic E-state index is 13.2. The van der Waals surface area contributed by atoms with Crippen molar-refractivity contribution in [1.82, 2.24) is 24.4 Å². The third-order valence-electron chi connectivity index (χ3n) is 5.77. The van der Waals surface area contributed by atoms with E-state index in [0.29, 0.717) is 35.5 Å². The topological polar surface area (TPSA) is 104 Å². The van der Waals surface area contributed by atoms with E-state index >= 15 is 0 Å². The number of halogens is 1. The number of aromatic nitrogens is 4. The number of amides is 1. The molecule has 0 radical (unpaired) electrons. The van der Waals surface area contributed by atoms with Gasteiger partial charge in [0.25, 0.3) is 11.5 Å². The van der Waals surface area contributed by atoms with Crippen LogP contribution in [0.4, 0.5) is 4.39 Å². The Labute approximate surface area is 181 Å². The Kier molecular flexibility index (Phi) is 4.93. The summed E-state index contributed by atoms with van der Waals surface area (Å²) in [6.45, 7) is 0.974. The number of aromatic amines is 2. The fourth-order valence-corrected chi connectivity index (χ4v) is 4.15. The molecule has 0 spiro atoms. The molecule has 8 nitrogen and oxygen atoms in total. The number of carbonyl (C=O) groups is 1. The largest absolute Gasteiger partial charge is 0.338 e. The van der Waals surface area contributed by atoms with Crippen LogP contribution >= 0.6 is 0 Å². The first kappa shape index (κ1) is 19.9. The second-order valence-corrected chi connectivity index (χ2v) is 7.89. The van der Waals surface area contributed by atoms with Gasteiger partial charge in [-0.3, -0.25) is 19.1 Å². The molecule has 162 valence electrons. The van der Waals surface area contributed by atoms with Gasteiger partial charge in [-0.25, -0.2) is 14.2 Å². The molecule has 2 N–H and O–H groups in total. The molecule has 32 heavy (non-hydrogen) atoms. The number of hydrogen-bond donors (Lipinski definition) is 2. The van der Waals surface area contributed by atoms with Gasteiger partial charge in [-0.05, 0) is 55.3 Å². The normalized spacial score (nSPS) is 16.4. The Morgan fingerprint density at radius 2 is 1.88 bits per heavy atom. The standard InChI is InChI=1S/C23H20FN5O3/c24-16-6-3-14(4-7-16)21-25-18-8-5-15(12-19(18)26-21)22(31)28-10-1-2-17(13-28)29-11-9-20(30)27-23(29)32/h3-9,11-12,17H,1-2,10,13H2,(H,25,26)(H,27,30,32). The van der Waals surface area contributed by atoms with Crippen molar-refractivity contribution in [3.05, 3.63) is 86.9 Å². The van der Waals surface area contributed by atoms with Crippen LogP contribution in [0.25, 0.3) is 22.4 Å². The molecule has 1 aliphatic heterocycles. The summed E-state index contributed by atoms with van der Waals surface area (Å²) in [6.07, 6.45) is 2.98. The smallest absolute Gasteiger partial charge is 0.328 e. The molecule has 1 saturated heterocycles. The Hall–Kier alpha value is -4.01. The average Bonchev–Trinajstić information content (AvgIpc) is 3.22. The average molecular weight is 433 g/mol. The highest BCUT2D eigenvalue weighted by atomic mass is 19.1. The molecular formula is C23H20FN5O3. The Balaban J connectivity index is 1.39. The summed E-state index contributed by atoms with van der Waals surface area (Å²) in [5.41, 5.74) is 1.77. The van der Waals surface area contributed by atoms with Crippen LogP contribution in [0, 0.1) is 5.82 Å². The molecule has 1 aliphatic rings. The number of rotatable bonds is 3. The summed E-state index contributed by atoms with van der Waals surface area (Å²) in [7, 11) is 0. The molecule has 9 heteroatoms. The first-order valence-electron chi connectivity index (χ1n) is 10.3. The van der Waals surface area contributed by atoms with E-state index < -0.39 is 11.2 Å². The number of imidazole rings is 1. The number of likely N-dealkylation sites (tertiary alicyclic amines) is 1. The number of piperidine rings is 1. The predicted octanol–water partition coefficient (Wildman–Crippen LogP) is 2.70. The third kappa shape index (κ3) is 3.73. The molecule has 0 aliphatic carbocycles. The van der Waals surface area contributed by atoms with E-state index in [0.717, 1.165) is 18.4 Å². The van der Waals surface area contributed by atoms with Gasteiger partial charge in [-0.1, -0.05) is 0 Å². The van der Waals surface area contributed by atoms with Gasteiger partial charge in [0.2, 0.25) is 0 Å². The van der Waals surface area contributed by atoms with Crippen LogP contribution in [-0.2, 0) is 0 Å². The number of fused-ring (bicyclic) bond motifs is 1. The number of H-pyrrole nitrogens is 2. The molecule has 1 fully saturated rings. The van der Waals surface area contributed by atoms with Gasteiger partial charge in [-0.15, -0.1) is 0 Å². The Morgan fingerprint density at radius 3 is 2.66 bits per heavy atom. The number of carbonyl (C=O) groups excluding carboxylic acids is 1. The zero-order valence-corrected chi connectivity index (χ0v) is 17.0. The first-order chi connectivity index (χ1) is 15.5. The van der Waals surface area contributed by atoms with Gasteiger partial charge in [0.1, 0.15) is 11.6 Å². The molecule has 5 rings (SSSR count). The minimum Gasteiger partial charge on any atom is -0.338 e. The van der Waals surface area contributed by atoms with Crippen molar-refractivity contribution in [2.45, 2.75) is 18.9 Å². The number of benzene rings is 2. The van der Waals surface area contributed by atoms with Gasteiger partial charge in [0.05, 0.1) is 17.1 Å². The molecule has 2 aromatic carbocycles. The number of nitrogens with one attached hydrogen (secondary N) is 2. The molecule has 1 amide bonds. The Bertz CT molecular complexity index is 1420. The summed E-state index contributed by atoms with van der Waals surface area (Å²) in [5.74, 6) is 0.147. The summed E-state index contributed by atoms with van der Waals surface area (Å²) in [4.78, 5) is 48.4. The SMILES string of the molecule is O=C(c1ccc2nc(-c3ccc(F)cc3)[nH]c2c1)N1CCCC(n2ccc(=O)[nH]c2=O)C1. The Morgan fingerprint density at radius 1 is 1.06 bits per heavy atom. The zero-order valence-electron chi connectivity index (χ0n) is 17.0. The van der Waals surface area contributed by atoms with Gasteiger partial charge in [0, 0.05) is 36.5 Å². The van der Waals surface area contributed by atoms with Crippen LogP contribution in [0.5, 0.6) is 0 Å². The van der Waals surface area contributed by atoms with Crippen LogP contribution in [0.15, 0.2) is 64.3 Å². The van der Waals surface area contributed by atoms with Crippen LogP contribution < -0.4 is 11.2 Å². The fraction of sp³-hybridized carbons (Fsp3) is 0.217. The van der Waals surface area contributed by atoms with Crippen molar-refractivity contribution in [1.29, 1.82) is 0 Å². The summed E-state index contributed by atoms with van der Waals surface area (Å²) >= 11 is 0. The highest BCUT2D eigenvalue weighted by Crippen LogP contribution is 2.24. The first-order valence-corrected chi connectivity index (χ1v) is 10.3. The maximum atomic E-state index is 13.2. The lowest BCUT2D eigenvalue weighted by Gasteiger charge is -2.33. The van der Waals surface area contributed by atoms with Crippen LogP contribution in [-0.4, -0.2) is 43.4 Å². The molecule has 0 bridgehead atoms. The third-order valence-corrected chi connectivity index (χ3v) is 5.77. The van der Waals surface area contributed by atoms with E-state index in [-0.39, 0.29) is 17.8 Å². The van der Waals surface area contributed by atoms with Gasteiger partial charge in [-0.2, -0.15) is 0 Å². The molecule has 1 unspecified atom stereocenters. The minimum absolute atomic E-state index is 0.132. The highest BCUT2D eigenvalue weighted by Gasteiger charge is 2.26. The summed E-state index contributed by atoms with van der Waals surface area (Å²) in [5, 5.41) is 0. The van der Waals surface area contributed by atoms with E-state index in [1.165, 1.54) is 29.0 Å². The predicted molar refractivity (Wildman–Crippen MR) is 117 cm³/mol. The van der Waals surface area contributed by atoms with Crippen molar-refractivity contribution < 1.29 is 9.18 Å². The van der Waals surface area contributed by atoms with Crippen molar-refractivity contribution in [2.24, 2.45) is 0 Å². The summed E-state index contributed by atoms with van der Waals surface area (Å²) in [6, 6.07) is 12.4.